The fourth-order valence-electron chi connectivity index (χ4n) is 1.81. The molecule has 4 N–H and O–H groups in total. The van der Waals surface area contributed by atoms with Crippen molar-refractivity contribution in [3.63, 3.8) is 0 Å². The van der Waals surface area contributed by atoms with Crippen molar-refractivity contribution in [2.24, 2.45) is 16.8 Å². The summed E-state index contributed by atoms with van der Waals surface area (Å²) in [5.74, 6) is 0.564. The predicted molar refractivity (Wildman–Crippen MR) is 68.9 cm³/mol. The normalized spacial score (nSPS) is 13.9. The Morgan fingerprint density at radius 3 is 2.12 bits per heavy atom. The largest absolute Gasteiger partial charge is 0.327 e. The van der Waals surface area contributed by atoms with Crippen LogP contribution in [-0.2, 0) is 16.4 Å². The van der Waals surface area contributed by atoms with Crippen molar-refractivity contribution in [2.45, 2.75) is 37.6 Å². The van der Waals surface area contributed by atoms with E-state index in [0.717, 1.165) is 18.4 Å². The first-order valence-corrected chi connectivity index (χ1v) is 7.21. The summed E-state index contributed by atoms with van der Waals surface area (Å²) < 4.78 is 22.1. The summed E-state index contributed by atoms with van der Waals surface area (Å²) in [6.45, 7) is 4.26. The van der Waals surface area contributed by atoms with E-state index in [4.69, 9.17) is 10.9 Å². The molecule has 0 amide bonds. The third kappa shape index (κ3) is 4.85. The zero-order valence-electron chi connectivity index (χ0n) is 10.3. The number of primary sulfonamides is 1. The molecule has 0 saturated carbocycles. The highest BCUT2D eigenvalue weighted by Gasteiger charge is 2.09. The first kappa shape index (κ1) is 14.2. The van der Waals surface area contributed by atoms with Gasteiger partial charge in [-0.2, -0.15) is 0 Å². The molecule has 0 bridgehead atoms. The lowest BCUT2D eigenvalue weighted by atomic mass is 9.98. The van der Waals surface area contributed by atoms with Crippen molar-refractivity contribution < 1.29 is 8.42 Å². The summed E-state index contributed by atoms with van der Waals surface area (Å²) in [4.78, 5) is 0.138. The minimum atomic E-state index is -3.60. The van der Waals surface area contributed by atoms with E-state index in [1.54, 1.807) is 12.1 Å². The quantitative estimate of drug-likeness (QED) is 0.831. The Bertz CT molecular complexity index is 452. The van der Waals surface area contributed by atoms with Gasteiger partial charge in [0.15, 0.2) is 0 Å². The molecule has 4 nitrogen and oxygen atoms in total. The standard InChI is InChI=1S/C12H20N2O2S/c1-9(2)7-11(13)8-10-3-5-12(6-4-10)17(14,15)16/h3-6,9,11H,7-8,13H2,1-2H3,(H2,14,15,16). The second kappa shape index (κ2) is 5.62. The zero-order chi connectivity index (χ0) is 13.1. The average molecular weight is 256 g/mol. The van der Waals surface area contributed by atoms with Crippen LogP contribution in [0.5, 0.6) is 0 Å². The molecular weight excluding hydrogens is 236 g/mol. The second-order valence-corrected chi connectivity index (χ2v) is 6.34. The van der Waals surface area contributed by atoms with Gasteiger partial charge in [-0.25, -0.2) is 13.6 Å². The highest BCUT2D eigenvalue weighted by atomic mass is 32.2. The van der Waals surface area contributed by atoms with Crippen LogP contribution in [0.3, 0.4) is 0 Å². The van der Waals surface area contributed by atoms with E-state index >= 15 is 0 Å². The lowest BCUT2D eigenvalue weighted by Crippen LogP contribution is -2.24. The molecule has 1 atom stereocenters. The molecule has 96 valence electrons. The fourth-order valence-corrected chi connectivity index (χ4v) is 2.32. The minimum Gasteiger partial charge on any atom is -0.327 e. The van der Waals surface area contributed by atoms with Gasteiger partial charge < -0.3 is 5.73 Å². The van der Waals surface area contributed by atoms with E-state index in [2.05, 4.69) is 13.8 Å². The summed E-state index contributed by atoms with van der Waals surface area (Å²) in [6.07, 6.45) is 1.71. The van der Waals surface area contributed by atoms with Gasteiger partial charge in [0, 0.05) is 6.04 Å². The molecule has 0 aliphatic carbocycles. The van der Waals surface area contributed by atoms with E-state index in [1.165, 1.54) is 12.1 Å². The third-order valence-corrected chi connectivity index (χ3v) is 3.45. The maximum absolute atomic E-state index is 11.1. The second-order valence-electron chi connectivity index (χ2n) is 4.78. The number of benzene rings is 1. The van der Waals surface area contributed by atoms with E-state index < -0.39 is 10.0 Å². The van der Waals surface area contributed by atoms with Gasteiger partial charge in [0.25, 0.3) is 0 Å². The molecule has 0 aliphatic heterocycles. The smallest absolute Gasteiger partial charge is 0.238 e. The summed E-state index contributed by atoms with van der Waals surface area (Å²) in [5.41, 5.74) is 7.02. The Kier molecular flexibility index (Phi) is 4.68. The molecule has 0 spiro atoms. The highest BCUT2D eigenvalue weighted by Crippen LogP contribution is 2.12. The molecule has 0 aromatic heterocycles. The maximum Gasteiger partial charge on any atom is 0.238 e. The minimum absolute atomic E-state index is 0.107. The number of rotatable bonds is 5. The van der Waals surface area contributed by atoms with Gasteiger partial charge in [0.05, 0.1) is 4.90 Å². The number of hydrogen-bond acceptors (Lipinski definition) is 3. The van der Waals surface area contributed by atoms with Crippen molar-refractivity contribution in [1.29, 1.82) is 0 Å². The molecule has 0 fully saturated rings. The lowest BCUT2D eigenvalue weighted by Gasteiger charge is -2.14. The molecule has 0 radical (unpaired) electrons. The van der Waals surface area contributed by atoms with Crippen LogP contribution in [0, 0.1) is 5.92 Å². The predicted octanol–water partition coefficient (Wildman–Crippen LogP) is 1.25. The van der Waals surface area contributed by atoms with E-state index in [0.29, 0.717) is 5.92 Å². The van der Waals surface area contributed by atoms with E-state index in [9.17, 15) is 8.42 Å². The molecule has 0 heterocycles. The van der Waals surface area contributed by atoms with Gasteiger partial charge in [0.1, 0.15) is 0 Å². The van der Waals surface area contributed by atoms with Crippen molar-refractivity contribution in [3.8, 4) is 0 Å². The number of hydrogen-bond donors (Lipinski definition) is 2. The molecule has 0 saturated heterocycles. The SMILES string of the molecule is CC(C)CC(N)Cc1ccc(S(N)(=O)=O)cc1. The fraction of sp³-hybridized carbons (Fsp3) is 0.500. The van der Waals surface area contributed by atoms with Gasteiger partial charge in [0.2, 0.25) is 10.0 Å². The van der Waals surface area contributed by atoms with Crippen molar-refractivity contribution in [2.75, 3.05) is 0 Å². The topological polar surface area (TPSA) is 86.2 Å². The van der Waals surface area contributed by atoms with Crippen LogP contribution in [0.25, 0.3) is 0 Å². The molecule has 1 aromatic rings. The van der Waals surface area contributed by atoms with Crippen molar-refractivity contribution in [3.05, 3.63) is 29.8 Å². The number of nitrogens with two attached hydrogens (primary N) is 2. The Hall–Kier alpha value is -0.910. The number of sulfonamides is 1. The van der Waals surface area contributed by atoms with E-state index in [1.807, 2.05) is 0 Å². The Morgan fingerprint density at radius 2 is 1.71 bits per heavy atom. The van der Waals surface area contributed by atoms with Gasteiger partial charge in [-0.3, -0.25) is 0 Å². The summed E-state index contributed by atoms with van der Waals surface area (Å²) in [7, 11) is -3.60. The molecule has 1 unspecified atom stereocenters. The van der Waals surface area contributed by atoms with Crippen LogP contribution in [0.4, 0.5) is 0 Å². The Morgan fingerprint density at radius 1 is 1.18 bits per heavy atom. The van der Waals surface area contributed by atoms with Crippen LogP contribution in [0.15, 0.2) is 29.2 Å². The summed E-state index contributed by atoms with van der Waals surface area (Å²) in [5, 5.41) is 5.02. The lowest BCUT2D eigenvalue weighted by molar-refractivity contribution is 0.493. The maximum atomic E-state index is 11.1. The van der Waals surface area contributed by atoms with Gasteiger partial charge in [-0.1, -0.05) is 26.0 Å². The molecule has 1 rings (SSSR count). The van der Waals surface area contributed by atoms with Gasteiger partial charge >= 0.3 is 0 Å². The monoisotopic (exact) mass is 256 g/mol. The summed E-state index contributed by atoms with van der Waals surface area (Å²) >= 11 is 0. The molecule has 0 aliphatic rings. The van der Waals surface area contributed by atoms with Gasteiger partial charge in [-0.15, -0.1) is 0 Å². The van der Waals surface area contributed by atoms with Crippen molar-refractivity contribution >= 4 is 10.0 Å². The zero-order valence-corrected chi connectivity index (χ0v) is 11.1. The Labute approximate surface area is 103 Å². The van der Waals surface area contributed by atoms with Crippen LogP contribution >= 0.6 is 0 Å². The van der Waals surface area contributed by atoms with Gasteiger partial charge in [-0.05, 0) is 36.5 Å². The molecular formula is C12H20N2O2S. The molecule has 1 aromatic carbocycles. The van der Waals surface area contributed by atoms with Crippen LogP contribution in [-0.4, -0.2) is 14.5 Å². The van der Waals surface area contributed by atoms with Crippen LogP contribution < -0.4 is 10.9 Å². The first-order valence-electron chi connectivity index (χ1n) is 5.66. The van der Waals surface area contributed by atoms with Crippen LogP contribution in [0.1, 0.15) is 25.8 Å². The molecule has 5 heteroatoms. The average Bonchev–Trinajstić information content (AvgIpc) is 2.15. The highest BCUT2D eigenvalue weighted by molar-refractivity contribution is 7.89. The van der Waals surface area contributed by atoms with Crippen molar-refractivity contribution in [1.82, 2.24) is 0 Å². The van der Waals surface area contributed by atoms with Crippen LogP contribution in [0.2, 0.25) is 0 Å². The first-order chi connectivity index (χ1) is 7.79. The third-order valence-electron chi connectivity index (χ3n) is 2.52. The summed E-state index contributed by atoms with van der Waals surface area (Å²) in [6, 6.07) is 6.68. The van der Waals surface area contributed by atoms with E-state index in [-0.39, 0.29) is 10.9 Å². The Balaban J connectivity index is 2.69. The molecule has 17 heavy (non-hydrogen) atoms.